The summed E-state index contributed by atoms with van der Waals surface area (Å²) in [5, 5.41) is 3.35. The molecular formula is C25H38N6O. The van der Waals surface area contributed by atoms with Crippen LogP contribution in [0.3, 0.4) is 0 Å². The summed E-state index contributed by atoms with van der Waals surface area (Å²) in [6, 6.07) is 8.79. The lowest BCUT2D eigenvalue weighted by Gasteiger charge is -2.51. The summed E-state index contributed by atoms with van der Waals surface area (Å²) in [6.07, 6.45) is 10.7. The van der Waals surface area contributed by atoms with Gasteiger partial charge in [-0.1, -0.05) is 12.1 Å². The molecule has 3 fully saturated rings. The van der Waals surface area contributed by atoms with Gasteiger partial charge in [0.25, 0.3) is 0 Å². The van der Waals surface area contributed by atoms with E-state index >= 15 is 0 Å². The smallest absolute Gasteiger partial charge is 0.218 e. The number of aliphatic imine (C=N–C) groups is 1. The monoisotopic (exact) mass is 438 g/mol. The Labute approximate surface area is 192 Å². The van der Waals surface area contributed by atoms with Gasteiger partial charge in [-0.2, -0.15) is 0 Å². The second kappa shape index (κ2) is 10.6. The molecule has 2 heterocycles. The van der Waals surface area contributed by atoms with Crippen LogP contribution >= 0.6 is 0 Å². The van der Waals surface area contributed by atoms with E-state index < -0.39 is 0 Å². The van der Waals surface area contributed by atoms with Gasteiger partial charge in [0.15, 0.2) is 0 Å². The standard InChI is InChI=1S/C25H38N6O/c1-27-24(30-16-10-28-11-17-30)7-13-31(20-32)23-4-2-21(3-5-23)6-12-29-14-8-25(9-15-29)18-22(26)19-25/h2-5,7,13,20,22,28H,6,8-12,14-19,26H2,1H3/b13-7-,27-24?. The molecule has 3 aliphatic rings. The molecule has 0 atom stereocenters. The van der Waals surface area contributed by atoms with Crippen molar-refractivity contribution in [1.82, 2.24) is 15.1 Å². The van der Waals surface area contributed by atoms with Gasteiger partial charge in [-0.25, -0.2) is 0 Å². The van der Waals surface area contributed by atoms with Gasteiger partial charge >= 0.3 is 0 Å². The maximum Gasteiger partial charge on any atom is 0.218 e. The zero-order valence-corrected chi connectivity index (χ0v) is 19.4. The molecule has 32 heavy (non-hydrogen) atoms. The van der Waals surface area contributed by atoms with E-state index in [0.717, 1.165) is 57.1 Å². The van der Waals surface area contributed by atoms with E-state index in [4.69, 9.17) is 5.73 Å². The summed E-state index contributed by atoms with van der Waals surface area (Å²) in [4.78, 5) is 22.5. The number of nitrogens with zero attached hydrogens (tertiary/aromatic N) is 4. The lowest BCUT2D eigenvalue weighted by molar-refractivity contribution is -0.106. The summed E-state index contributed by atoms with van der Waals surface area (Å²) in [7, 11) is 1.80. The third-order valence-corrected chi connectivity index (χ3v) is 7.43. The van der Waals surface area contributed by atoms with E-state index in [1.807, 2.05) is 24.4 Å². The molecule has 0 radical (unpaired) electrons. The number of carbonyl (C=O) groups excluding carboxylic acids is 1. The molecule has 0 bridgehead atoms. The molecule has 7 nitrogen and oxygen atoms in total. The molecule has 1 aliphatic carbocycles. The van der Waals surface area contributed by atoms with Crippen molar-refractivity contribution in [1.29, 1.82) is 0 Å². The number of amides is 1. The van der Waals surface area contributed by atoms with Crippen molar-refractivity contribution in [3.8, 4) is 0 Å². The van der Waals surface area contributed by atoms with Crippen LogP contribution in [0, 0.1) is 5.41 Å². The van der Waals surface area contributed by atoms with Crippen LogP contribution in [0.25, 0.3) is 0 Å². The topological polar surface area (TPSA) is 77.2 Å². The molecule has 1 spiro atoms. The fraction of sp³-hybridized carbons (Fsp3) is 0.600. The van der Waals surface area contributed by atoms with E-state index in [9.17, 15) is 4.79 Å². The minimum atomic E-state index is 0.448. The van der Waals surface area contributed by atoms with Crippen molar-refractivity contribution in [3.05, 3.63) is 42.1 Å². The Bertz CT molecular complexity index is 798. The van der Waals surface area contributed by atoms with Gasteiger partial charge in [0, 0.05) is 57.7 Å². The highest BCUT2D eigenvalue weighted by molar-refractivity contribution is 5.94. The fourth-order valence-corrected chi connectivity index (χ4v) is 5.38. The van der Waals surface area contributed by atoms with Crippen LogP contribution < -0.4 is 16.0 Å². The molecule has 1 aromatic rings. The number of anilines is 1. The molecular weight excluding hydrogens is 400 g/mol. The predicted molar refractivity (Wildman–Crippen MR) is 131 cm³/mol. The number of piperazine rings is 1. The Morgan fingerprint density at radius 3 is 2.47 bits per heavy atom. The number of piperidine rings is 1. The van der Waals surface area contributed by atoms with Gasteiger partial charge in [-0.3, -0.25) is 14.7 Å². The van der Waals surface area contributed by atoms with Crippen LogP contribution in [-0.4, -0.2) is 80.9 Å². The summed E-state index contributed by atoms with van der Waals surface area (Å²) in [5.74, 6) is 0.905. The van der Waals surface area contributed by atoms with E-state index in [1.54, 1.807) is 11.9 Å². The molecule has 7 heteroatoms. The lowest BCUT2D eigenvalue weighted by Crippen LogP contribution is -2.52. The highest BCUT2D eigenvalue weighted by Gasteiger charge is 2.43. The number of benzene rings is 1. The third-order valence-electron chi connectivity index (χ3n) is 7.43. The minimum Gasteiger partial charge on any atom is -0.354 e. The number of nitrogens with two attached hydrogens (primary N) is 1. The maximum absolute atomic E-state index is 11.7. The van der Waals surface area contributed by atoms with Crippen molar-refractivity contribution in [2.45, 2.75) is 38.1 Å². The SMILES string of the molecule is CN=C(/C=C\N(C=O)c1ccc(CCN2CCC3(CC2)CC(N)C3)cc1)N1CCNCC1. The highest BCUT2D eigenvalue weighted by atomic mass is 16.1. The highest BCUT2D eigenvalue weighted by Crippen LogP contribution is 2.48. The number of hydrogen-bond acceptors (Lipinski definition) is 5. The molecule has 1 amide bonds. The Morgan fingerprint density at radius 1 is 1.19 bits per heavy atom. The molecule has 2 aliphatic heterocycles. The van der Waals surface area contributed by atoms with Crippen molar-refractivity contribution in [2.75, 3.05) is 57.8 Å². The number of nitrogens with one attached hydrogen (secondary N) is 1. The minimum absolute atomic E-state index is 0.448. The van der Waals surface area contributed by atoms with Crippen LogP contribution in [0.4, 0.5) is 5.69 Å². The predicted octanol–water partition coefficient (Wildman–Crippen LogP) is 1.84. The van der Waals surface area contributed by atoms with Gasteiger partial charge in [0.1, 0.15) is 5.84 Å². The maximum atomic E-state index is 11.7. The van der Waals surface area contributed by atoms with Gasteiger partial charge in [0.2, 0.25) is 6.41 Å². The summed E-state index contributed by atoms with van der Waals surface area (Å²) >= 11 is 0. The van der Waals surface area contributed by atoms with Crippen molar-refractivity contribution < 1.29 is 4.79 Å². The molecule has 2 saturated heterocycles. The molecule has 3 N–H and O–H groups in total. The van der Waals surface area contributed by atoms with E-state index in [0.29, 0.717) is 11.5 Å². The fourth-order valence-electron chi connectivity index (χ4n) is 5.38. The Morgan fingerprint density at radius 2 is 1.88 bits per heavy atom. The number of likely N-dealkylation sites (tertiary alicyclic amines) is 1. The summed E-state index contributed by atoms with van der Waals surface area (Å²) < 4.78 is 0. The van der Waals surface area contributed by atoms with Crippen molar-refractivity contribution in [2.24, 2.45) is 16.1 Å². The third kappa shape index (κ3) is 5.57. The van der Waals surface area contributed by atoms with E-state index in [1.165, 1.54) is 44.3 Å². The van der Waals surface area contributed by atoms with Gasteiger partial charge in [-0.05, 0) is 74.4 Å². The first-order valence-electron chi connectivity index (χ1n) is 12.0. The molecule has 0 unspecified atom stereocenters. The van der Waals surface area contributed by atoms with E-state index in [2.05, 4.69) is 32.2 Å². The zero-order valence-electron chi connectivity index (χ0n) is 19.4. The second-order valence-corrected chi connectivity index (χ2v) is 9.57. The number of carbonyl (C=O) groups is 1. The first-order chi connectivity index (χ1) is 15.6. The number of rotatable bonds is 7. The van der Waals surface area contributed by atoms with Crippen LogP contribution in [-0.2, 0) is 11.2 Å². The van der Waals surface area contributed by atoms with Gasteiger partial charge in [-0.15, -0.1) is 0 Å². The number of amidine groups is 1. The van der Waals surface area contributed by atoms with Crippen LogP contribution in [0.15, 0.2) is 41.5 Å². The van der Waals surface area contributed by atoms with Crippen LogP contribution in [0.5, 0.6) is 0 Å². The molecule has 174 valence electrons. The average molecular weight is 439 g/mol. The lowest BCUT2D eigenvalue weighted by atomic mass is 9.61. The molecule has 1 saturated carbocycles. The quantitative estimate of drug-likeness (QED) is 0.386. The normalized spacial score (nSPS) is 22.3. The van der Waals surface area contributed by atoms with Crippen LogP contribution in [0.1, 0.15) is 31.2 Å². The Kier molecular flexibility index (Phi) is 7.60. The Hall–Kier alpha value is -2.22. The average Bonchev–Trinajstić information content (AvgIpc) is 2.82. The first-order valence-corrected chi connectivity index (χ1v) is 12.0. The van der Waals surface area contributed by atoms with E-state index in [-0.39, 0.29) is 0 Å². The van der Waals surface area contributed by atoms with Crippen LogP contribution in [0.2, 0.25) is 0 Å². The number of hydrogen-bond donors (Lipinski definition) is 2. The molecule has 4 rings (SSSR count). The molecule has 0 aromatic heterocycles. The second-order valence-electron chi connectivity index (χ2n) is 9.57. The van der Waals surface area contributed by atoms with Crippen molar-refractivity contribution >= 4 is 17.9 Å². The summed E-state index contributed by atoms with van der Waals surface area (Å²) in [5.41, 5.74) is 8.77. The largest absolute Gasteiger partial charge is 0.354 e. The Balaban J connectivity index is 1.27. The van der Waals surface area contributed by atoms with Gasteiger partial charge in [0.05, 0.1) is 0 Å². The van der Waals surface area contributed by atoms with Crippen molar-refractivity contribution in [3.63, 3.8) is 0 Å². The zero-order chi connectivity index (χ0) is 22.4. The first kappa shape index (κ1) is 23.0. The summed E-state index contributed by atoms with van der Waals surface area (Å²) in [6.45, 7) is 7.26. The van der Waals surface area contributed by atoms with Gasteiger partial charge < -0.3 is 20.9 Å². The molecule has 1 aromatic carbocycles.